The minimum absolute atomic E-state index is 0.0424. The number of hydrogen-bond acceptors (Lipinski definition) is 0. The second-order valence-corrected chi connectivity index (χ2v) is 7.84. The van der Waals surface area contributed by atoms with Gasteiger partial charge in [0.2, 0.25) is 0 Å². The van der Waals surface area contributed by atoms with E-state index in [4.69, 9.17) is 0 Å². The van der Waals surface area contributed by atoms with Crippen molar-refractivity contribution in [3.63, 3.8) is 0 Å². The van der Waals surface area contributed by atoms with E-state index in [1.54, 1.807) is 0 Å². The van der Waals surface area contributed by atoms with Crippen LogP contribution in [0.1, 0.15) is 55.0 Å². The van der Waals surface area contributed by atoms with Crippen LogP contribution in [0.15, 0.2) is 60.2 Å². The Bertz CT molecular complexity index is 933. The summed E-state index contributed by atoms with van der Waals surface area (Å²) in [5, 5.41) is 0. The van der Waals surface area contributed by atoms with Crippen molar-refractivity contribution >= 4 is 6.08 Å². The molecule has 0 aromatic heterocycles. The number of rotatable bonds is 3. The van der Waals surface area contributed by atoms with Gasteiger partial charge in [-0.2, -0.15) is 0 Å². The lowest BCUT2D eigenvalue weighted by atomic mass is 9.72. The molecule has 25 heavy (non-hydrogen) atoms. The predicted octanol–water partition coefficient (Wildman–Crippen LogP) is 6.76. The van der Waals surface area contributed by atoms with Gasteiger partial charge in [0.05, 0.1) is 0 Å². The fraction of sp³-hybridized carbons (Fsp3) is 0.280. The van der Waals surface area contributed by atoms with Gasteiger partial charge in [-0.1, -0.05) is 85.7 Å². The average molecular weight is 326 g/mol. The Hall–Kier alpha value is -2.34. The Morgan fingerprint density at radius 1 is 1.04 bits per heavy atom. The SMILES string of the molecule is CC=Cc1ccc2c(c1C(C)(C)C1=CC=CC1)Cc1cc(C)ccc1-2. The second-order valence-electron chi connectivity index (χ2n) is 7.84. The van der Waals surface area contributed by atoms with Crippen LogP contribution in [0.3, 0.4) is 0 Å². The van der Waals surface area contributed by atoms with E-state index in [0.29, 0.717) is 0 Å². The van der Waals surface area contributed by atoms with Gasteiger partial charge in [-0.05, 0) is 60.1 Å². The molecule has 2 aromatic carbocycles. The van der Waals surface area contributed by atoms with Crippen molar-refractivity contribution in [3.8, 4) is 11.1 Å². The Labute approximate surface area is 151 Å². The predicted molar refractivity (Wildman–Crippen MR) is 109 cm³/mol. The summed E-state index contributed by atoms with van der Waals surface area (Å²) in [6.45, 7) is 9.08. The normalized spacial score (nSPS) is 15.6. The smallest absolute Gasteiger partial charge is 0.0120 e. The van der Waals surface area contributed by atoms with Gasteiger partial charge >= 0.3 is 0 Å². The molecule has 0 saturated carbocycles. The van der Waals surface area contributed by atoms with Crippen LogP contribution in [0.4, 0.5) is 0 Å². The molecule has 0 spiro atoms. The lowest BCUT2D eigenvalue weighted by Gasteiger charge is -2.32. The van der Waals surface area contributed by atoms with Crippen molar-refractivity contribution in [1.29, 1.82) is 0 Å². The maximum atomic E-state index is 2.39. The van der Waals surface area contributed by atoms with Crippen LogP contribution in [0.5, 0.6) is 0 Å². The maximum Gasteiger partial charge on any atom is 0.0120 e. The van der Waals surface area contributed by atoms with Gasteiger partial charge < -0.3 is 0 Å². The zero-order valence-electron chi connectivity index (χ0n) is 15.7. The van der Waals surface area contributed by atoms with Crippen LogP contribution in [0.25, 0.3) is 17.2 Å². The lowest BCUT2D eigenvalue weighted by molar-refractivity contribution is 0.607. The highest BCUT2D eigenvalue weighted by atomic mass is 14.4. The zero-order valence-corrected chi connectivity index (χ0v) is 15.7. The van der Waals surface area contributed by atoms with Crippen LogP contribution >= 0.6 is 0 Å². The van der Waals surface area contributed by atoms with Crippen molar-refractivity contribution in [2.24, 2.45) is 0 Å². The average Bonchev–Trinajstić information content (AvgIpc) is 3.22. The number of fused-ring (bicyclic) bond motifs is 3. The van der Waals surface area contributed by atoms with E-state index < -0.39 is 0 Å². The van der Waals surface area contributed by atoms with Gasteiger partial charge in [0.15, 0.2) is 0 Å². The van der Waals surface area contributed by atoms with E-state index in [0.717, 1.165) is 12.8 Å². The highest BCUT2D eigenvalue weighted by Crippen LogP contribution is 2.47. The molecule has 2 aliphatic rings. The number of allylic oxidation sites excluding steroid dienone is 5. The summed E-state index contributed by atoms with van der Waals surface area (Å²) in [5.41, 5.74) is 11.6. The first-order valence-electron chi connectivity index (χ1n) is 9.27. The Kier molecular flexibility index (Phi) is 3.80. The molecular weight excluding hydrogens is 300 g/mol. The molecule has 0 nitrogen and oxygen atoms in total. The molecule has 0 saturated heterocycles. The molecule has 0 atom stereocenters. The molecular formula is C25H26. The molecule has 0 heterocycles. The molecule has 2 aliphatic carbocycles. The summed E-state index contributed by atoms with van der Waals surface area (Å²) in [6, 6.07) is 11.5. The molecule has 4 rings (SSSR count). The van der Waals surface area contributed by atoms with Gasteiger partial charge in [0.1, 0.15) is 0 Å². The molecule has 0 N–H and O–H groups in total. The third-order valence-corrected chi connectivity index (χ3v) is 5.81. The molecule has 0 fully saturated rings. The molecule has 0 aliphatic heterocycles. The van der Waals surface area contributed by atoms with Crippen molar-refractivity contribution in [3.05, 3.63) is 88.0 Å². The van der Waals surface area contributed by atoms with Crippen molar-refractivity contribution in [2.75, 3.05) is 0 Å². The first kappa shape index (κ1) is 16.1. The Morgan fingerprint density at radius 3 is 2.56 bits per heavy atom. The first-order valence-corrected chi connectivity index (χ1v) is 9.27. The van der Waals surface area contributed by atoms with Crippen LogP contribution in [-0.4, -0.2) is 0 Å². The molecule has 0 amide bonds. The van der Waals surface area contributed by atoms with Gasteiger partial charge in [-0.3, -0.25) is 0 Å². The van der Waals surface area contributed by atoms with Gasteiger partial charge in [-0.25, -0.2) is 0 Å². The highest BCUT2D eigenvalue weighted by Gasteiger charge is 2.33. The van der Waals surface area contributed by atoms with Gasteiger partial charge in [-0.15, -0.1) is 0 Å². The Morgan fingerprint density at radius 2 is 1.84 bits per heavy atom. The summed E-state index contributed by atoms with van der Waals surface area (Å²) in [4.78, 5) is 0. The molecule has 0 unspecified atom stereocenters. The van der Waals surface area contributed by atoms with E-state index in [2.05, 4.69) is 88.4 Å². The van der Waals surface area contributed by atoms with Crippen LogP contribution in [0.2, 0.25) is 0 Å². The molecule has 2 aromatic rings. The van der Waals surface area contributed by atoms with Crippen LogP contribution in [0, 0.1) is 6.92 Å². The number of benzene rings is 2. The summed E-state index contributed by atoms with van der Waals surface area (Å²) in [5.74, 6) is 0. The Balaban J connectivity index is 1.95. The second kappa shape index (κ2) is 5.88. The summed E-state index contributed by atoms with van der Waals surface area (Å²) >= 11 is 0. The number of aryl methyl sites for hydroxylation is 1. The van der Waals surface area contributed by atoms with Gasteiger partial charge in [0.25, 0.3) is 0 Å². The lowest BCUT2D eigenvalue weighted by Crippen LogP contribution is -2.23. The molecule has 0 bridgehead atoms. The highest BCUT2D eigenvalue weighted by molar-refractivity contribution is 5.81. The topological polar surface area (TPSA) is 0 Å². The first-order chi connectivity index (χ1) is 12.0. The van der Waals surface area contributed by atoms with E-state index >= 15 is 0 Å². The summed E-state index contributed by atoms with van der Waals surface area (Å²) in [7, 11) is 0. The monoisotopic (exact) mass is 326 g/mol. The van der Waals surface area contributed by atoms with E-state index in [-0.39, 0.29) is 5.41 Å². The van der Waals surface area contributed by atoms with E-state index in [9.17, 15) is 0 Å². The third kappa shape index (κ3) is 2.52. The van der Waals surface area contributed by atoms with E-state index in [1.807, 2.05) is 0 Å². The largest absolute Gasteiger partial charge is 0.0871 e. The third-order valence-electron chi connectivity index (χ3n) is 5.81. The standard InChI is InChI=1S/C25H26/c1-5-8-18-12-14-22-21-13-11-17(2)15-19(21)16-23(22)24(18)25(3,4)20-9-6-7-10-20/h5-9,11-15H,10,16H2,1-4H3. The molecule has 0 radical (unpaired) electrons. The van der Waals surface area contributed by atoms with Crippen LogP contribution < -0.4 is 0 Å². The fourth-order valence-electron chi connectivity index (χ4n) is 4.55. The number of hydrogen-bond donors (Lipinski definition) is 0. The minimum Gasteiger partial charge on any atom is -0.0871 e. The van der Waals surface area contributed by atoms with E-state index in [1.165, 1.54) is 44.5 Å². The van der Waals surface area contributed by atoms with Crippen molar-refractivity contribution in [2.45, 2.75) is 46.0 Å². The van der Waals surface area contributed by atoms with Gasteiger partial charge in [0, 0.05) is 5.41 Å². The minimum atomic E-state index is 0.0424. The van der Waals surface area contributed by atoms with Crippen molar-refractivity contribution in [1.82, 2.24) is 0 Å². The zero-order chi connectivity index (χ0) is 17.6. The summed E-state index contributed by atoms with van der Waals surface area (Å²) in [6.07, 6.45) is 13.3. The quantitative estimate of drug-likeness (QED) is 0.498. The van der Waals surface area contributed by atoms with Crippen LogP contribution in [-0.2, 0) is 11.8 Å². The van der Waals surface area contributed by atoms with Crippen molar-refractivity contribution < 1.29 is 0 Å². The summed E-state index contributed by atoms with van der Waals surface area (Å²) < 4.78 is 0. The molecule has 0 heteroatoms. The maximum absolute atomic E-state index is 2.39. The molecule has 126 valence electrons. The fourth-order valence-corrected chi connectivity index (χ4v) is 4.55.